The maximum Gasteiger partial charge on any atom is 0.237 e. The number of rotatable bonds is 5. The molecule has 4 nitrogen and oxygen atoms in total. The van der Waals surface area contributed by atoms with Crippen LogP contribution in [-0.2, 0) is 11.3 Å². The van der Waals surface area contributed by atoms with Gasteiger partial charge in [0, 0.05) is 19.0 Å². The van der Waals surface area contributed by atoms with E-state index < -0.39 is 0 Å². The Hall–Kier alpha value is -2.43. The molecule has 2 heterocycles. The normalized spacial score (nSPS) is 25.5. The van der Waals surface area contributed by atoms with E-state index in [1.807, 2.05) is 36.1 Å². The summed E-state index contributed by atoms with van der Waals surface area (Å²) >= 11 is 0. The molecule has 2 aliphatic rings. The summed E-state index contributed by atoms with van der Waals surface area (Å²) in [6.45, 7) is 4.08. The van der Waals surface area contributed by atoms with Crippen molar-refractivity contribution in [2.75, 3.05) is 19.7 Å². The van der Waals surface area contributed by atoms with Gasteiger partial charge in [0.2, 0.25) is 5.91 Å². The van der Waals surface area contributed by atoms with E-state index in [0.29, 0.717) is 6.54 Å². The van der Waals surface area contributed by atoms with Crippen molar-refractivity contribution in [3.63, 3.8) is 0 Å². The summed E-state index contributed by atoms with van der Waals surface area (Å²) < 4.78 is 0. The van der Waals surface area contributed by atoms with Crippen LogP contribution >= 0.6 is 0 Å². The fourth-order valence-electron chi connectivity index (χ4n) is 4.55. The number of piperazine rings is 1. The maximum atomic E-state index is 12.7. The van der Waals surface area contributed by atoms with Crippen molar-refractivity contribution in [1.82, 2.24) is 9.80 Å². The van der Waals surface area contributed by atoms with Gasteiger partial charge >= 0.3 is 0 Å². The van der Waals surface area contributed by atoms with E-state index in [0.717, 1.165) is 13.1 Å². The first-order valence-electron chi connectivity index (χ1n) is 9.62. The van der Waals surface area contributed by atoms with Gasteiger partial charge in [-0.1, -0.05) is 66.7 Å². The van der Waals surface area contributed by atoms with Crippen molar-refractivity contribution in [3.8, 4) is 0 Å². The van der Waals surface area contributed by atoms with Gasteiger partial charge in [0.1, 0.15) is 0 Å². The number of hydrogen-bond donors (Lipinski definition) is 1. The first-order chi connectivity index (χ1) is 13.2. The van der Waals surface area contributed by atoms with Crippen molar-refractivity contribution < 1.29 is 9.90 Å². The Morgan fingerprint density at radius 2 is 1.85 bits per heavy atom. The van der Waals surface area contributed by atoms with Crippen LogP contribution in [0.15, 0.2) is 60.7 Å². The number of nitrogens with zero attached hydrogens (tertiary/aromatic N) is 2. The Morgan fingerprint density at radius 3 is 2.52 bits per heavy atom. The van der Waals surface area contributed by atoms with Crippen molar-refractivity contribution >= 4 is 12.0 Å². The third-order valence-corrected chi connectivity index (χ3v) is 5.75. The van der Waals surface area contributed by atoms with Gasteiger partial charge in [-0.25, -0.2) is 0 Å². The van der Waals surface area contributed by atoms with Crippen LogP contribution in [0.2, 0.25) is 0 Å². The molecule has 0 radical (unpaired) electrons. The summed E-state index contributed by atoms with van der Waals surface area (Å²) in [7, 11) is 0. The summed E-state index contributed by atoms with van der Waals surface area (Å²) in [6.07, 6.45) is 4.10. The summed E-state index contributed by atoms with van der Waals surface area (Å²) in [5, 5.41) is 9.90. The van der Waals surface area contributed by atoms with Crippen molar-refractivity contribution in [3.05, 3.63) is 77.4 Å². The molecule has 0 saturated carbocycles. The molecule has 0 spiro atoms. The number of carbonyl (C=O) groups is 1. The van der Waals surface area contributed by atoms with Crippen LogP contribution in [0.5, 0.6) is 0 Å². The van der Waals surface area contributed by atoms with E-state index in [1.54, 1.807) is 0 Å². The van der Waals surface area contributed by atoms with Gasteiger partial charge in [0.25, 0.3) is 0 Å². The summed E-state index contributed by atoms with van der Waals surface area (Å²) in [4.78, 5) is 16.8. The first-order valence-corrected chi connectivity index (χ1v) is 9.62. The highest BCUT2D eigenvalue weighted by Crippen LogP contribution is 2.43. The number of allylic oxidation sites excluding steroid dienone is 1. The number of benzene rings is 2. The SMILES string of the molecule is C/C=C/c1ccc([C@H]2[C@@H](CO)N3C(=O)CN(Cc4ccccc4)C[C@H]23)cc1. The van der Waals surface area contributed by atoms with Gasteiger partial charge in [0.15, 0.2) is 0 Å². The summed E-state index contributed by atoms with van der Waals surface area (Å²) in [5.41, 5.74) is 3.60. The van der Waals surface area contributed by atoms with Crippen LogP contribution < -0.4 is 0 Å². The number of fused-ring (bicyclic) bond motifs is 1. The highest BCUT2D eigenvalue weighted by atomic mass is 16.3. The Balaban J connectivity index is 1.53. The zero-order valence-electron chi connectivity index (χ0n) is 15.7. The highest BCUT2D eigenvalue weighted by molar-refractivity contribution is 5.81. The molecule has 2 fully saturated rings. The number of aliphatic hydroxyl groups is 1. The van der Waals surface area contributed by atoms with Crippen LogP contribution in [0, 0.1) is 0 Å². The molecule has 27 heavy (non-hydrogen) atoms. The highest BCUT2D eigenvalue weighted by Gasteiger charge is 2.53. The molecule has 2 aromatic rings. The maximum absolute atomic E-state index is 12.7. The lowest BCUT2D eigenvalue weighted by Gasteiger charge is -2.59. The van der Waals surface area contributed by atoms with Gasteiger partial charge < -0.3 is 10.0 Å². The Bertz CT molecular complexity index is 816. The van der Waals surface area contributed by atoms with Crippen LogP contribution in [0.25, 0.3) is 6.08 Å². The fraction of sp³-hybridized carbons (Fsp3) is 0.348. The van der Waals surface area contributed by atoms with E-state index in [1.165, 1.54) is 16.7 Å². The van der Waals surface area contributed by atoms with Gasteiger partial charge in [-0.2, -0.15) is 0 Å². The van der Waals surface area contributed by atoms with Crippen LogP contribution in [-0.4, -0.2) is 52.6 Å². The minimum atomic E-state index is -0.103. The summed E-state index contributed by atoms with van der Waals surface area (Å²) in [6, 6.07) is 18.8. The molecule has 2 saturated heterocycles. The number of hydrogen-bond acceptors (Lipinski definition) is 3. The molecule has 0 unspecified atom stereocenters. The van der Waals surface area contributed by atoms with Crippen molar-refractivity contribution in [2.45, 2.75) is 31.5 Å². The molecule has 3 atom stereocenters. The van der Waals surface area contributed by atoms with Gasteiger partial charge in [-0.05, 0) is 23.6 Å². The van der Waals surface area contributed by atoms with E-state index in [4.69, 9.17) is 0 Å². The second-order valence-electron chi connectivity index (χ2n) is 7.47. The third kappa shape index (κ3) is 3.43. The lowest BCUT2D eigenvalue weighted by atomic mass is 9.73. The molecular formula is C23H26N2O2. The molecule has 2 aromatic carbocycles. The van der Waals surface area contributed by atoms with E-state index in [2.05, 4.69) is 47.4 Å². The van der Waals surface area contributed by atoms with Crippen LogP contribution in [0.1, 0.15) is 29.5 Å². The molecule has 1 N–H and O–H groups in total. The Labute approximate surface area is 160 Å². The largest absolute Gasteiger partial charge is 0.394 e. The predicted molar refractivity (Wildman–Crippen MR) is 107 cm³/mol. The smallest absolute Gasteiger partial charge is 0.237 e. The second-order valence-corrected chi connectivity index (χ2v) is 7.47. The molecule has 4 rings (SSSR count). The van der Waals surface area contributed by atoms with Crippen molar-refractivity contribution in [1.29, 1.82) is 0 Å². The van der Waals surface area contributed by atoms with E-state index >= 15 is 0 Å². The molecule has 0 aromatic heterocycles. The quantitative estimate of drug-likeness (QED) is 0.889. The van der Waals surface area contributed by atoms with E-state index in [-0.39, 0.29) is 30.5 Å². The Morgan fingerprint density at radius 1 is 1.11 bits per heavy atom. The van der Waals surface area contributed by atoms with E-state index in [9.17, 15) is 9.90 Å². The minimum Gasteiger partial charge on any atom is -0.394 e. The summed E-state index contributed by atoms with van der Waals surface area (Å²) in [5.74, 6) is 0.320. The van der Waals surface area contributed by atoms with Gasteiger partial charge in [-0.3, -0.25) is 9.69 Å². The average Bonchev–Trinajstić information content (AvgIpc) is 2.66. The Kier molecular flexibility index (Phi) is 5.10. The van der Waals surface area contributed by atoms with Gasteiger partial charge in [0.05, 0.1) is 25.2 Å². The number of aliphatic hydroxyl groups excluding tert-OH is 1. The van der Waals surface area contributed by atoms with Gasteiger partial charge in [-0.15, -0.1) is 0 Å². The second kappa shape index (κ2) is 7.67. The van der Waals surface area contributed by atoms with Crippen molar-refractivity contribution in [2.24, 2.45) is 0 Å². The topological polar surface area (TPSA) is 43.8 Å². The third-order valence-electron chi connectivity index (χ3n) is 5.75. The molecule has 140 valence electrons. The standard InChI is InChI=1S/C23H26N2O2/c1-2-6-17-9-11-19(12-10-17)23-20-14-24(13-18-7-4-3-5-8-18)15-22(27)25(20)21(23)16-26/h2-12,20-21,23,26H,13-16H2,1H3/b6-2+/t20-,21-,23-/m1/s1. The minimum absolute atomic E-state index is 0.0161. The number of amides is 1. The molecule has 2 aliphatic heterocycles. The lowest BCUT2D eigenvalue weighted by Crippen LogP contribution is -2.72. The van der Waals surface area contributed by atoms with Crippen LogP contribution in [0.3, 0.4) is 0 Å². The molecule has 1 amide bonds. The lowest BCUT2D eigenvalue weighted by molar-refractivity contribution is -0.162. The van der Waals surface area contributed by atoms with Crippen LogP contribution in [0.4, 0.5) is 0 Å². The number of carbonyl (C=O) groups excluding carboxylic acids is 1. The fourth-order valence-corrected chi connectivity index (χ4v) is 4.55. The predicted octanol–water partition coefficient (Wildman–Crippen LogP) is 2.89. The molecule has 4 heteroatoms. The first kappa shape index (κ1) is 18.0. The molecular weight excluding hydrogens is 336 g/mol. The zero-order valence-corrected chi connectivity index (χ0v) is 15.7. The molecule has 0 aliphatic carbocycles. The monoisotopic (exact) mass is 362 g/mol. The molecule has 0 bridgehead atoms. The zero-order chi connectivity index (χ0) is 18.8. The average molecular weight is 362 g/mol.